The Labute approximate surface area is 187 Å². The summed E-state index contributed by atoms with van der Waals surface area (Å²) in [4.78, 5) is 25.7. The highest BCUT2D eigenvalue weighted by Gasteiger charge is 2.49. The molecule has 0 aromatic heterocycles. The number of anilines is 1. The van der Waals surface area contributed by atoms with E-state index in [1.54, 1.807) is 26.2 Å². The second-order valence-corrected chi connectivity index (χ2v) is 8.51. The molecule has 0 bridgehead atoms. The van der Waals surface area contributed by atoms with Crippen LogP contribution in [0, 0.1) is 5.92 Å². The van der Waals surface area contributed by atoms with Gasteiger partial charge in [-0.1, -0.05) is 6.07 Å². The molecule has 7 heteroatoms. The maximum atomic E-state index is 12.9. The molecule has 0 saturated heterocycles. The molecule has 0 fully saturated rings. The lowest BCUT2D eigenvalue weighted by molar-refractivity contribution is -0.131. The molecule has 1 aliphatic heterocycles. The number of benzene rings is 2. The van der Waals surface area contributed by atoms with Crippen LogP contribution in [-0.4, -0.2) is 36.2 Å². The molecule has 0 radical (unpaired) electrons. The number of aliphatic hydroxyl groups is 1. The smallest absolute Gasteiger partial charge is 0.231 e. The van der Waals surface area contributed by atoms with Gasteiger partial charge in [-0.2, -0.15) is 0 Å². The van der Waals surface area contributed by atoms with Crippen molar-refractivity contribution < 1.29 is 28.9 Å². The van der Waals surface area contributed by atoms with E-state index in [9.17, 15) is 14.7 Å². The zero-order chi connectivity index (χ0) is 23.0. The van der Waals surface area contributed by atoms with Crippen LogP contribution in [0.4, 0.5) is 5.69 Å². The van der Waals surface area contributed by atoms with E-state index in [-0.39, 0.29) is 24.8 Å². The molecule has 0 amide bonds. The van der Waals surface area contributed by atoms with Crippen LogP contribution in [0.5, 0.6) is 17.2 Å². The van der Waals surface area contributed by atoms with Gasteiger partial charge in [-0.3, -0.25) is 9.59 Å². The van der Waals surface area contributed by atoms with Crippen LogP contribution >= 0.6 is 0 Å². The van der Waals surface area contributed by atoms with Crippen LogP contribution in [0.1, 0.15) is 38.7 Å². The largest absolute Gasteiger partial charge is 0.497 e. The van der Waals surface area contributed by atoms with Crippen molar-refractivity contribution in [1.82, 2.24) is 0 Å². The van der Waals surface area contributed by atoms with E-state index < -0.39 is 17.4 Å². The van der Waals surface area contributed by atoms with Crippen molar-refractivity contribution in [3.8, 4) is 17.2 Å². The minimum Gasteiger partial charge on any atom is -0.497 e. The minimum atomic E-state index is -1.36. The molecule has 1 aliphatic carbocycles. The second kappa shape index (κ2) is 8.31. The van der Waals surface area contributed by atoms with Gasteiger partial charge < -0.3 is 24.6 Å². The third kappa shape index (κ3) is 3.96. The number of ether oxygens (including phenoxy) is 3. The van der Waals surface area contributed by atoms with Gasteiger partial charge in [0.15, 0.2) is 17.3 Å². The molecule has 0 unspecified atom stereocenters. The Bertz CT molecular complexity index is 1090. The van der Waals surface area contributed by atoms with Crippen LogP contribution in [0.25, 0.3) is 0 Å². The number of carbonyl (C=O) groups excluding carboxylic acids is 2. The molecule has 32 heavy (non-hydrogen) atoms. The van der Waals surface area contributed by atoms with Crippen molar-refractivity contribution in [2.45, 2.75) is 38.7 Å². The number of rotatable bonds is 6. The van der Waals surface area contributed by atoms with Gasteiger partial charge in [-0.15, -0.1) is 0 Å². The zero-order valence-corrected chi connectivity index (χ0v) is 18.6. The summed E-state index contributed by atoms with van der Waals surface area (Å²) in [6.45, 7) is 4.71. The molecule has 1 heterocycles. The van der Waals surface area contributed by atoms with Crippen molar-refractivity contribution in [2.24, 2.45) is 5.92 Å². The molecular formula is C25H27NO6. The second-order valence-electron chi connectivity index (χ2n) is 8.51. The van der Waals surface area contributed by atoms with Gasteiger partial charge in [0, 0.05) is 29.3 Å². The van der Waals surface area contributed by atoms with Crippen LogP contribution in [0.2, 0.25) is 0 Å². The number of fused-ring (bicyclic) bond motifs is 1. The molecule has 0 saturated carbocycles. The minimum absolute atomic E-state index is 0.122. The van der Waals surface area contributed by atoms with E-state index in [1.807, 2.05) is 30.3 Å². The summed E-state index contributed by atoms with van der Waals surface area (Å²) in [5.41, 5.74) is 1.18. The van der Waals surface area contributed by atoms with Crippen molar-refractivity contribution in [3.05, 3.63) is 59.3 Å². The topological polar surface area (TPSA) is 94.1 Å². The van der Waals surface area contributed by atoms with E-state index in [2.05, 4.69) is 5.32 Å². The lowest BCUT2D eigenvalue weighted by Crippen LogP contribution is -2.48. The number of ketones is 2. The molecular weight excluding hydrogens is 410 g/mol. The Hall–Kier alpha value is -3.32. The predicted octanol–water partition coefficient (Wildman–Crippen LogP) is 3.82. The number of carbonyl (C=O) groups is 2. The molecule has 4 rings (SSSR count). The normalized spacial score (nSPS) is 24.3. The number of methoxy groups -OCH3 is 1. The van der Waals surface area contributed by atoms with Crippen LogP contribution in [0.3, 0.4) is 0 Å². The third-order valence-electron chi connectivity index (χ3n) is 6.13. The fourth-order valence-corrected chi connectivity index (χ4v) is 4.81. The Kier molecular flexibility index (Phi) is 5.69. The molecule has 2 aliphatic rings. The SMILES string of the molecule is COc1ccc(NC2=C(C(C)=O)[C@H](c3ccc4c(c3)OCO4)[C@@H](C(C)=O)[C@](C)(O)C2)cc1. The summed E-state index contributed by atoms with van der Waals surface area (Å²) in [5.74, 6) is 0.114. The van der Waals surface area contributed by atoms with E-state index in [0.717, 1.165) is 5.69 Å². The lowest BCUT2D eigenvalue weighted by Gasteiger charge is -2.43. The van der Waals surface area contributed by atoms with Gasteiger partial charge in [0.25, 0.3) is 0 Å². The number of hydrogen-bond acceptors (Lipinski definition) is 7. The molecule has 7 nitrogen and oxygen atoms in total. The van der Waals surface area contributed by atoms with Crippen LogP contribution in [-0.2, 0) is 9.59 Å². The molecule has 2 aromatic carbocycles. The molecule has 168 valence electrons. The van der Waals surface area contributed by atoms with Gasteiger partial charge in [0.1, 0.15) is 11.5 Å². The van der Waals surface area contributed by atoms with Gasteiger partial charge in [-0.05, 0) is 62.7 Å². The third-order valence-corrected chi connectivity index (χ3v) is 6.13. The number of nitrogens with one attached hydrogen (secondary N) is 1. The maximum absolute atomic E-state index is 12.9. The molecule has 3 atom stereocenters. The number of Topliss-reactive ketones (excluding diaryl/α,β-unsaturated/α-hetero) is 2. The Morgan fingerprint density at radius 1 is 1.09 bits per heavy atom. The fourth-order valence-electron chi connectivity index (χ4n) is 4.81. The lowest BCUT2D eigenvalue weighted by atomic mass is 9.64. The highest BCUT2D eigenvalue weighted by molar-refractivity contribution is 5.98. The number of hydrogen-bond donors (Lipinski definition) is 2. The first kappa shape index (κ1) is 21.9. The highest BCUT2D eigenvalue weighted by Crippen LogP contribution is 2.49. The van der Waals surface area contributed by atoms with Crippen molar-refractivity contribution >= 4 is 17.3 Å². The van der Waals surface area contributed by atoms with E-state index >= 15 is 0 Å². The summed E-state index contributed by atoms with van der Waals surface area (Å²) in [6.07, 6.45) is 0.138. The van der Waals surface area contributed by atoms with E-state index in [4.69, 9.17) is 14.2 Å². The van der Waals surface area contributed by atoms with Gasteiger partial charge in [0.05, 0.1) is 18.6 Å². The number of allylic oxidation sites excluding steroid dienone is 1. The van der Waals surface area contributed by atoms with E-state index in [0.29, 0.717) is 34.1 Å². The van der Waals surface area contributed by atoms with Gasteiger partial charge in [-0.25, -0.2) is 0 Å². The fraction of sp³-hybridized carbons (Fsp3) is 0.360. The Morgan fingerprint density at radius 3 is 2.41 bits per heavy atom. The quantitative estimate of drug-likeness (QED) is 0.709. The monoisotopic (exact) mass is 437 g/mol. The Balaban J connectivity index is 1.85. The molecule has 0 spiro atoms. The van der Waals surface area contributed by atoms with Crippen LogP contribution in [0.15, 0.2) is 53.7 Å². The van der Waals surface area contributed by atoms with Crippen molar-refractivity contribution in [1.29, 1.82) is 0 Å². The summed E-state index contributed by atoms with van der Waals surface area (Å²) >= 11 is 0. The zero-order valence-electron chi connectivity index (χ0n) is 18.6. The van der Waals surface area contributed by atoms with Gasteiger partial charge >= 0.3 is 0 Å². The van der Waals surface area contributed by atoms with Crippen molar-refractivity contribution in [3.63, 3.8) is 0 Å². The first-order chi connectivity index (χ1) is 15.2. The average Bonchev–Trinajstić information content (AvgIpc) is 3.20. The Morgan fingerprint density at radius 2 is 1.78 bits per heavy atom. The summed E-state index contributed by atoms with van der Waals surface area (Å²) < 4.78 is 16.1. The highest BCUT2D eigenvalue weighted by atomic mass is 16.7. The van der Waals surface area contributed by atoms with Gasteiger partial charge in [0.2, 0.25) is 6.79 Å². The molecule has 2 aromatic rings. The standard InChI is InChI=1S/C25H27NO6/c1-14(27)22-19(26-17-6-8-18(30-4)9-7-17)12-25(3,29)24(15(2)28)23(22)16-5-10-20-21(11-16)32-13-31-20/h5-11,23-24,26,29H,12-13H2,1-4H3/t23-,24+,25+/m0/s1. The summed E-state index contributed by atoms with van der Waals surface area (Å²) in [7, 11) is 1.59. The summed E-state index contributed by atoms with van der Waals surface area (Å²) in [5, 5.41) is 14.7. The summed E-state index contributed by atoms with van der Waals surface area (Å²) in [6, 6.07) is 12.7. The molecule has 2 N–H and O–H groups in total. The van der Waals surface area contributed by atoms with Crippen molar-refractivity contribution in [2.75, 3.05) is 19.2 Å². The first-order valence-corrected chi connectivity index (χ1v) is 10.5. The predicted molar refractivity (Wildman–Crippen MR) is 119 cm³/mol. The van der Waals surface area contributed by atoms with E-state index in [1.165, 1.54) is 13.8 Å². The first-order valence-electron chi connectivity index (χ1n) is 10.5. The van der Waals surface area contributed by atoms with Crippen LogP contribution < -0.4 is 19.5 Å². The average molecular weight is 437 g/mol. The maximum Gasteiger partial charge on any atom is 0.231 e.